The minimum Gasteiger partial charge on any atom is -0.309 e. The van der Waals surface area contributed by atoms with E-state index in [0.29, 0.717) is 20.9 Å². The van der Waals surface area contributed by atoms with Crippen molar-refractivity contribution in [3.63, 3.8) is 0 Å². The number of hydrogen-bond acceptors (Lipinski definition) is 7. The fraction of sp³-hybridized carbons (Fsp3) is 0.238. The number of likely N-dealkylation sites (N-methyl/N-ethyl adjacent to an activating group) is 1. The zero-order valence-corrected chi connectivity index (χ0v) is 21.3. The number of hydrogen-bond donors (Lipinski definition) is 1. The smallest absolute Gasteiger partial charge is 0.235 e. The molecule has 0 atom stereocenters. The van der Waals surface area contributed by atoms with Gasteiger partial charge in [-0.15, -0.1) is 0 Å². The van der Waals surface area contributed by atoms with Crippen LogP contribution in [0.2, 0.25) is 0 Å². The third-order valence-electron chi connectivity index (χ3n) is 4.84. The van der Waals surface area contributed by atoms with Gasteiger partial charge >= 0.3 is 0 Å². The lowest BCUT2D eigenvalue weighted by Gasteiger charge is -2.27. The molecule has 3 aromatic heterocycles. The first-order chi connectivity index (χ1) is 15.0. The molecule has 0 saturated heterocycles. The van der Waals surface area contributed by atoms with Crippen molar-refractivity contribution in [1.82, 2.24) is 14.9 Å². The molecule has 31 heavy (non-hydrogen) atoms. The molecule has 0 bridgehead atoms. The molecule has 0 radical (unpaired) electrons. The minimum atomic E-state index is -0.208. The van der Waals surface area contributed by atoms with Gasteiger partial charge in [0.25, 0.3) is 0 Å². The van der Waals surface area contributed by atoms with Gasteiger partial charge in [-0.3, -0.25) is 4.79 Å². The van der Waals surface area contributed by atoms with Gasteiger partial charge in [0.1, 0.15) is 16.9 Å². The molecule has 4 rings (SSSR count). The van der Waals surface area contributed by atoms with Crippen LogP contribution in [0.1, 0.15) is 16.8 Å². The Kier molecular flexibility index (Phi) is 7.08. The Bertz CT molecular complexity index is 1180. The van der Waals surface area contributed by atoms with Crippen molar-refractivity contribution in [3.8, 4) is 17.2 Å². The normalized spacial score (nSPS) is 13.5. The van der Waals surface area contributed by atoms with E-state index in [1.807, 2.05) is 17.5 Å². The predicted molar refractivity (Wildman–Crippen MR) is 131 cm³/mol. The molecular weight excluding hydrogens is 562 g/mol. The van der Waals surface area contributed by atoms with Crippen LogP contribution in [0.25, 0.3) is 11.1 Å². The Hall–Kier alpha value is -1.77. The van der Waals surface area contributed by atoms with Gasteiger partial charge in [-0.1, -0.05) is 11.8 Å². The molecule has 0 spiro atoms. The SMILES string of the molecule is CN1CCc2nc(SCC(=O)Nc3ncc(Br)cc3Br)c(C#N)c(-c3ccsc3)c2C1. The van der Waals surface area contributed by atoms with Crippen LogP contribution in [0.4, 0.5) is 5.82 Å². The molecule has 4 heterocycles. The Labute approximate surface area is 205 Å². The second-order valence-corrected chi connectivity index (χ2v) is 10.5. The second-order valence-electron chi connectivity index (χ2n) is 7.02. The molecule has 0 saturated carbocycles. The maximum atomic E-state index is 12.5. The first-order valence-corrected chi connectivity index (χ1v) is 12.9. The van der Waals surface area contributed by atoms with Crippen molar-refractivity contribution in [2.45, 2.75) is 18.0 Å². The molecule has 158 valence electrons. The fourth-order valence-electron chi connectivity index (χ4n) is 3.41. The summed E-state index contributed by atoms with van der Waals surface area (Å²) in [5, 5.41) is 17.5. The summed E-state index contributed by atoms with van der Waals surface area (Å²) in [6.45, 7) is 1.68. The zero-order valence-electron chi connectivity index (χ0n) is 16.5. The highest BCUT2D eigenvalue weighted by Gasteiger charge is 2.25. The maximum absolute atomic E-state index is 12.5. The van der Waals surface area contributed by atoms with Gasteiger partial charge in [0.15, 0.2) is 0 Å². The van der Waals surface area contributed by atoms with E-state index in [4.69, 9.17) is 4.98 Å². The number of nitrogens with one attached hydrogen (secondary N) is 1. The van der Waals surface area contributed by atoms with E-state index >= 15 is 0 Å². The minimum absolute atomic E-state index is 0.133. The van der Waals surface area contributed by atoms with Gasteiger partial charge in [0.2, 0.25) is 5.91 Å². The number of fused-ring (bicyclic) bond motifs is 1. The number of halogens is 2. The van der Waals surface area contributed by atoms with E-state index in [2.05, 4.69) is 65.6 Å². The quantitative estimate of drug-likeness (QED) is 0.413. The van der Waals surface area contributed by atoms with Crippen molar-refractivity contribution >= 4 is 66.7 Å². The number of anilines is 1. The molecular formula is C21H17Br2N5OS2. The molecule has 10 heteroatoms. The van der Waals surface area contributed by atoms with Crippen LogP contribution in [0.15, 0.2) is 43.1 Å². The highest BCUT2D eigenvalue weighted by molar-refractivity contribution is 9.11. The summed E-state index contributed by atoms with van der Waals surface area (Å²) in [6, 6.07) is 6.21. The topological polar surface area (TPSA) is 81.9 Å². The molecule has 0 unspecified atom stereocenters. The van der Waals surface area contributed by atoms with E-state index in [0.717, 1.165) is 46.4 Å². The van der Waals surface area contributed by atoms with E-state index in [1.165, 1.54) is 11.8 Å². The molecule has 0 aliphatic carbocycles. The summed E-state index contributed by atoms with van der Waals surface area (Å²) in [5.41, 5.74) is 4.64. The van der Waals surface area contributed by atoms with Gasteiger partial charge in [0, 0.05) is 41.4 Å². The number of rotatable bonds is 5. The number of thiophene rings is 1. The first-order valence-electron chi connectivity index (χ1n) is 9.37. The van der Waals surface area contributed by atoms with Crippen LogP contribution in [-0.2, 0) is 17.8 Å². The van der Waals surface area contributed by atoms with Crippen molar-refractivity contribution in [1.29, 1.82) is 5.26 Å². The Balaban J connectivity index is 1.62. The van der Waals surface area contributed by atoms with Crippen molar-refractivity contribution < 1.29 is 4.79 Å². The maximum Gasteiger partial charge on any atom is 0.235 e. The molecule has 0 fully saturated rings. The van der Waals surface area contributed by atoms with Crippen LogP contribution >= 0.6 is 55.0 Å². The molecule has 1 N–H and O–H groups in total. The summed E-state index contributed by atoms with van der Waals surface area (Å²) >= 11 is 9.63. The Morgan fingerprint density at radius 1 is 1.45 bits per heavy atom. The van der Waals surface area contributed by atoms with E-state index in [-0.39, 0.29) is 11.7 Å². The molecule has 1 aliphatic rings. The highest BCUT2D eigenvalue weighted by Crippen LogP contribution is 2.38. The fourth-order valence-corrected chi connectivity index (χ4v) is 5.95. The number of thioether (sulfide) groups is 1. The molecule has 1 amide bonds. The molecule has 3 aromatic rings. The zero-order chi connectivity index (χ0) is 22.0. The highest BCUT2D eigenvalue weighted by atomic mass is 79.9. The monoisotopic (exact) mass is 577 g/mol. The van der Waals surface area contributed by atoms with Crippen molar-refractivity contribution in [2.75, 3.05) is 24.7 Å². The third-order valence-corrected chi connectivity index (χ3v) is 7.53. The lowest BCUT2D eigenvalue weighted by atomic mass is 9.93. The lowest BCUT2D eigenvalue weighted by Crippen LogP contribution is -2.28. The van der Waals surface area contributed by atoms with Crippen LogP contribution in [-0.4, -0.2) is 40.1 Å². The average Bonchev–Trinajstić information content (AvgIpc) is 3.27. The van der Waals surface area contributed by atoms with Crippen molar-refractivity contribution in [3.05, 3.63) is 54.9 Å². The summed E-state index contributed by atoms with van der Waals surface area (Å²) in [6.07, 6.45) is 2.45. The van der Waals surface area contributed by atoms with E-state index in [1.54, 1.807) is 17.5 Å². The number of carbonyl (C=O) groups excluding carboxylic acids is 1. The number of aromatic nitrogens is 2. The lowest BCUT2D eigenvalue weighted by molar-refractivity contribution is -0.113. The van der Waals surface area contributed by atoms with Crippen LogP contribution in [0.3, 0.4) is 0 Å². The number of nitriles is 1. The third kappa shape index (κ3) is 5.02. The van der Waals surface area contributed by atoms with E-state index in [9.17, 15) is 10.1 Å². The van der Waals surface area contributed by atoms with Crippen molar-refractivity contribution in [2.24, 2.45) is 0 Å². The molecule has 6 nitrogen and oxygen atoms in total. The van der Waals surface area contributed by atoms with Gasteiger partial charge in [-0.05, 0) is 72.9 Å². The Morgan fingerprint density at radius 2 is 2.29 bits per heavy atom. The predicted octanol–water partition coefficient (Wildman–Crippen LogP) is 5.32. The molecule has 1 aliphatic heterocycles. The number of carbonyl (C=O) groups is 1. The largest absolute Gasteiger partial charge is 0.309 e. The molecule has 0 aromatic carbocycles. The number of nitrogens with zero attached hydrogens (tertiary/aromatic N) is 4. The number of pyridine rings is 2. The summed E-state index contributed by atoms with van der Waals surface area (Å²) in [5.74, 6) is 0.378. The van der Waals surface area contributed by atoms with Gasteiger partial charge < -0.3 is 10.2 Å². The van der Waals surface area contributed by atoms with Gasteiger partial charge in [-0.2, -0.15) is 16.6 Å². The van der Waals surface area contributed by atoms with Gasteiger partial charge in [0.05, 0.1) is 15.8 Å². The standard InChI is InChI=1S/C21H17Br2N5OS2/c1-28-4-2-17-15(9-28)19(12-3-5-30-10-12)14(7-24)21(26-17)31-11-18(29)27-20-16(23)6-13(22)8-25-20/h3,5-6,8,10H,2,4,9,11H2,1H3,(H,25,27,29). The average molecular weight is 579 g/mol. The first kappa shape index (κ1) is 22.4. The van der Waals surface area contributed by atoms with E-state index < -0.39 is 0 Å². The summed E-state index contributed by atoms with van der Waals surface area (Å²) in [7, 11) is 2.08. The van der Waals surface area contributed by atoms with Gasteiger partial charge in [-0.25, -0.2) is 9.97 Å². The second kappa shape index (κ2) is 9.79. The number of amides is 1. The van der Waals surface area contributed by atoms with Crippen LogP contribution < -0.4 is 5.32 Å². The Morgan fingerprint density at radius 3 is 3.00 bits per heavy atom. The summed E-state index contributed by atoms with van der Waals surface area (Å²) in [4.78, 5) is 23.8. The summed E-state index contributed by atoms with van der Waals surface area (Å²) < 4.78 is 1.50. The van der Waals surface area contributed by atoms with Crippen LogP contribution in [0.5, 0.6) is 0 Å². The van der Waals surface area contributed by atoms with Crippen LogP contribution in [0, 0.1) is 11.3 Å².